The quantitative estimate of drug-likeness (QED) is 0.302. The Morgan fingerprint density at radius 2 is 2.00 bits per heavy atom. The molecule has 0 aliphatic carbocycles. The molecule has 0 aliphatic rings. The first-order chi connectivity index (χ1) is 11.4. The summed E-state index contributed by atoms with van der Waals surface area (Å²) < 4.78 is 29.8. The van der Waals surface area contributed by atoms with E-state index in [2.05, 4.69) is 20.7 Å². The average Bonchev–Trinajstić information content (AvgIpc) is 2.54. The molecular formula is C16H10BrF2NO4. The number of hydrogen-bond acceptors (Lipinski definition) is 4. The number of halogens is 3. The molecule has 0 bridgehead atoms. The van der Waals surface area contributed by atoms with Crippen molar-refractivity contribution in [2.45, 2.75) is 6.61 Å². The minimum Gasteiger partial charge on any atom is -0.434 e. The number of ether oxygens (including phenoxy) is 1. The SMILES string of the molecule is O=C(/C=C/c1cc(Br)ccc1OC(F)F)c1cccc([N+](=O)[O-])c1. The van der Waals surface area contributed by atoms with E-state index in [1.165, 1.54) is 42.5 Å². The molecule has 2 aromatic rings. The number of nitro benzene ring substituents is 1. The highest BCUT2D eigenvalue weighted by Gasteiger charge is 2.11. The Hall–Kier alpha value is -2.61. The third kappa shape index (κ3) is 4.69. The van der Waals surface area contributed by atoms with Gasteiger partial charge in [0.1, 0.15) is 5.75 Å². The number of nitro groups is 1. The molecule has 0 heterocycles. The topological polar surface area (TPSA) is 69.4 Å². The van der Waals surface area contributed by atoms with Gasteiger partial charge in [-0.3, -0.25) is 14.9 Å². The van der Waals surface area contributed by atoms with E-state index >= 15 is 0 Å². The van der Waals surface area contributed by atoms with Crippen LogP contribution in [-0.2, 0) is 0 Å². The van der Waals surface area contributed by atoms with Crippen LogP contribution in [-0.4, -0.2) is 17.3 Å². The van der Waals surface area contributed by atoms with Crippen LogP contribution in [0, 0.1) is 10.1 Å². The van der Waals surface area contributed by atoms with Gasteiger partial charge >= 0.3 is 6.61 Å². The Labute approximate surface area is 143 Å². The largest absolute Gasteiger partial charge is 0.434 e. The minimum absolute atomic E-state index is 0.0868. The first-order valence-corrected chi connectivity index (χ1v) is 7.37. The molecule has 24 heavy (non-hydrogen) atoms. The van der Waals surface area contributed by atoms with Crippen LogP contribution < -0.4 is 4.74 Å². The van der Waals surface area contributed by atoms with Gasteiger partial charge in [-0.15, -0.1) is 0 Å². The maximum Gasteiger partial charge on any atom is 0.387 e. The van der Waals surface area contributed by atoms with Crippen LogP contribution in [0.5, 0.6) is 5.75 Å². The summed E-state index contributed by atoms with van der Waals surface area (Å²) in [4.78, 5) is 22.2. The molecule has 0 fully saturated rings. The van der Waals surface area contributed by atoms with Crippen molar-refractivity contribution in [3.63, 3.8) is 0 Å². The summed E-state index contributed by atoms with van der Waals surface area (Å²) >= 11 is 3.20. The van der Waals surface area contributed by atoms with Crippen molar-refractivity contribution in [3.05, 3.63) is 74.3 Å². The van der Waals surface area contributed by atoms with Gasteiger partial charge in [0, 0.05) is 27.7 Å². The highest BCUT2D eigenvalue weighted by molar-refractivity contribution is 9.10. The van der Waals surface area contributed by atoms with E-state index in [1.807, 2.05) is 0 Å². The molecule has 0 unspecified atom stereocenters. The van der Waals surface area contributed by atoms with Gasteiger partial charge in [-0.1, -0.05) is 28.1 Å². The number of non-ortho nitro benzene ring substituents is 1. The van der Waals surface area contributed by atoms with Crippen molar-refractivity contribution in [3.8, 4) is 5.75 Å². The second kappa shape index (κ2) is 7.78. The Morgan fingerprint density at radius 1 is 1.25 bits per heavy atom. The Morgan fingerprint density at radius 3 is 2.67 bits per heavy atom. The fourth-order valence-corrected chi connectivity index (χ4v) is 2.27. The molecule has 0 N–H and O–H groups in total. The number of alkyl halides is 2. The predicted molar refractivity (Wildman–Crippen MR) is 87.2 cm³/mol. The molecule has 0 saturated carbocycles. The minimum atomic E-state index is -2.99. The third-order valence-electron chi connectivity index (χ3n) is 2.94. The van der Waals surface area contributed by atoms with Crippen LogP contribution >= 0.6 is 15.9 Å². The smallest absolute Gasteiger partial charge is 0.387 e. The van der Waals surface area contributed by atoms with Crippen molar-refractivity contribution < 1.29 is 23.2 Å². The first kappa shape index (κ1) is 17.7. The molecule has 0 aromatic heterocycles. The fourth-order valence-electron chi connectivity index (χ4n) is 1.89. The molecule has 2 aromatic carbocycles. The molecule has 0 spiro atoms. The van der Waals surface area contributed by atoms with Gasteiger partial charge in [-0.2, -0.15) is 8.78 Å². The van der Waals surface area contributed by atoms with Crippen molar-refractivity contribution in [2.24, 2.45) is 0 Å². The monoisotopic (exact) mass is 397 g/mol. The van der Waals surface area contributed by atoms with Crippen molar-refractivity contribution in [2.75, 3.05) is 0 Å². The molecular weight excluding hydrogens is 388 g/mol. The van der Waals surface area contributed by atoms with E-state index in [9.17, 15) is 23.7 Å². The van der Waals surface area contributed by atoms with E-state index in [4.69, 9.17) is 0 Å². The molecule has 0 aliphatic heterocycles. The number of rotatable bonds is 6. The standard InChI is InChI=1S/C16H10BrF2NO4/c17-12-5-7-15(24-16(18)19)11(8-12)4-6-14(21)10-2-1-3-13(9-10)20(22)23/h1-9,16H/b6-4+. The molecule has 0 amide bonds. The number of carbonyl (C=O) groups is 1. The molecule has 0 atom stereocenters. The number of carbonyl (C=O) groups excluding carboxylic acids is 1. The van der Waals surface area contributed by atoms with Gasteiger partial charge in [0.15, 0.2) is 5.78 Å². The number of allylic oxidation sites excluding steroid dienone is 1. The summed E-state index contributed by atoms with van der Waals surface area (Å²) in [6.07, 6.45) is 2.45. The van der Waals surface area contributed by atoms with E-state index in [-0.39, 0.29) is 22.6 Å². The lowest BCUT2D eigenvalue weighted by atomic mass is 10.1. The Bertz CT molecular complexity index is 808. The van der Waals surface area contributed by atoms with Gasteiger partial charge < -0.3 is 4.74 Å². The van der Waals surface area contributed by atoms with Crippen molar-refractivity contribution >= 4 is 33.5 Å². The summed E-state index contributed by atoms with van der Waals surface area (Å²) in [6, 6.07) is 9.61. The molecule has 2 rings (SSSR count). The van der Waals surface area contributed by atoms with Crippen molar-refractivity contribution in [1.82, 2.24) is 0 Å². The fraction of sp³-hybridized carbons (Fsp3) is 0.0625. The zero-order valence-corrected chi connectivity index (χ0v) is 13.6. The van der Waals surface area contributed by atoms with Gasteiger partial charge in [0.05, 0.1) is 4.92 Å². The molecule has 124 valence electrons. The average molecular weight is 398 g/mol. The zero-order chi connectivity index (χ0) is 17.7. The summed E-state index contributed by atoms with van der Waals surface area (Å²) in [7, 11) is 0. The lowest BCUT2D eigenvalue weighted by molar-refractivity contribution is -0.384. The second-order valence-corrected chi connectivity index (χ2v) is 5.48. The highest BCUT2D eigenvalue weighted by atomic mass is 79.9. The van der Waals surface area contributed by atoms with Crippen LogP contribution in [0.2, 0.25) is 0 Å². The van der Waals surface area contributed by atoms with Crippen LogP contribution in [0.1, 0.15) is 15.9 Å². The van der Waals surface area contributed by atoms with E-state index in [1.54, 1.807) is 0 Å². The summed E-state index contributed by atoms with van der Waals surface area (Å²) in [5, 5.41) is 10.7. The lowest BCUT2D eigenvalue weighted by Gasteiger charge is -2.08. The maximum atomic E-state index is 12.4. The van der Waals surface area contributed by atoms with Gasteiger partial charge in [-0.25, -0.2) is 0 Å². The van der Waals surface area contributed by atoms with E-state index in [0.29, 0.717) is 4.47 Å². The van der Waals surface area contributed by atoms with Gasteiger partial charge in [-0.05, 0) is 30.4 Å². The number of ketones is 1. The van der Waals surface area contributed by atoms with Gasteiger partial charge in [0.25, 0.3) is 5.69 Å². The molecule has 5 nitrogen and oxygen atoms in total. The Kier molecular flexibility index (Phi) is 5.75. The maximum absolute atomic E-state index is 12.4. The zero-order valence-electron chi connectivity index (χ0n) is 12.0. The number of hydrogen-bond donors (Lipinski definition) is 0. The number of nitrogens with zero attached hydrogens (tertiary/aromatic N) is 1. The molecule has 0 radical (unpaired) electrons. The third-order valence-corrected chi connectivity index (χ3v) is 3.44. The Balaban J connectivity index is 2.27. The predicted octanol–water partition coefficient (Wildman–Crippen LogP) is 4.85. The van der Waals surface area contributed by atoms with Gasteiger partial charge in [0.2, 0.25) is 0 Å². The van der Waals surface area contributed by atoms with Crippen LogP contribution in [0.15, 0.2) is 53.0 Å². The van der Waals surface area contributed by atoms with E-state index < -0.39 is 17.3 Å². The second-order valence-electron chi connectivity index (χ2n) is 4.57. The van der Waals surface area contributed by atoms with Crippen LogP contribution in [0.25, 0.3) is 6.08 Å². The van der Waals surface area contributed by atoms with Crippen molar-refractivity contribution in [1.29, 1.82) is 0 Å². The molecule has 0 saturated heterocycles. The highest BCUT2D eigenvalue weighted by Crippen LogP contribution is 2.26. The summed E-state index contributed by atoms with van der Waals surface area (Å²) in [6.45, 7) is -2.99. The lowest BCUT2D eigenvalue weighted by Crippen LogP contribution is -2.03. The first-order valence-electron chi connectivity index (χ1n) is 6.58. The normalized spacial score (nSPS) is 11.0. The van der Waals surface area contributed by atoms with Crippen LogP contribution in [0.3, 0.4) is 0 Å². The number of benzene rings is 2. The molecule has 8 heteroatoms. The summed E-state index contributed by atoms with van der Waals surface area (Å²) in [5.74, 6) is -0.585. The van der Waals surface area contributed by atoms with E-state index in [0.717, 1.165) is 12.1 Å². The van der Waals surface area contributed by atoms with Crippen LogP contribution in [0.4, 0.5) is 14.5 Å². The summed E-state index contributed by atoms with van der Waals surface area (Å²) in [5.41, 5.74) is 0.175.